The van der Waals surface area contributed by atoms with Crippen LogP contribution in [0.3, 0.4) is 0 Å². The molecule has 0 saturated carbocycles. The van der Waals surface area contributed by atoms with Crippen molar-refractivity contribution in [2.45, 2.75) is 27.7 Å². The molecule has 2 heterocycles. The summed E-state index contributed by atoms with van der Waals surface area (Å²) in [5, 5.41) is 0. The second-order valence-electron chi connectivity index (χ2n) is 12.2. The van der Waals surface area contributed by atoms with Crippen molar-refractivity contribution < 1.29 is 38.2 Å². The molecule has 5 aromatic carbocycles. The lowest BCUT2D eigenvalue weighted by Crippen LogP contribution is -2.29. The quantitative estimate of drug-likeness (QED) is 0.108. The van der Waals surface area contributed by atoms with Crippen LogP contribution in [0, 0.1) is 27.7 Å². The molecule has 0 aromatic heterocycles. The molecule has 5 aromatic rings. The Morgan fingerprint density at radius 1 is 0.420 bits per heavy atom. The van der Waals surface area contributed by atoms with Crippen molar-refractivity contribution in [1.82, 2.24) is 0 Å². The van der Waals surface area contributed by atoms with Gasteiger partial charge in [-0.15, -0.1) is 0 Å². The van der Waals surface area contributed by atoms with E-state index in [2.05, 4.69) is 0 Å². The number of carbonyl (C=O) groups excluding carboxylic acids is 6. The number of carbonyl (C=O) groups is 6. The summed E-state index contributed by atoms with van der Waals surface area (Å²) in [4.78, 5) is 80.7. The average molecular weight is 665 g/mol. The Kier molecular flexibility index (Phi) is 7.71. The number of amides is 4. The molecule has 0 fully saturated rings. The molecule has 50 heavy (non-hydrogen) atoms. The zero-order chi connectivity index (χ0) is 35.4. The third-order valence-corrected chi connectivity index (χ3v) is 8.99. The van der Waals surface area contributed by atoms with E-state index in [0.717, 1.165) is 32.1 Å². The number of rotatable bonds is 6. The zero-order valence-corrected chi connectivity index (χ0v) is 27.4. The highest BCUT2D eigenvalue weighted by Gasteiger charge is 2.38. The van der Waals surface area contributed by atoms with Crippen molar-refractivity contribution >= 4 is 46.9 Å². The van der Waals surface area contributed by atoms with E-state index in [1.807, 2.05) is 39.8 Å². The molecular weight excluding hydrogens is 636 g/mol. The second-order valence-corrected chi connectivity index (χ2v) is 12.2. The molecule has 2 aliphatic rings. The standard InChI is InChI=1S/C40H28N2O8/c1-21-5-9-27(17-23(21)3)41-35(43)31-15-7-25(19-33(31)37(41)45)39(47)49-29-11-13-30(14-12-29)50-40(48)26-8-16-32-34(20-26)38(46)42(36(32)44)28-10-6-22(2)24(4)18-28/h5-20H,1-4H3. The largest absolute Gasteiger partial charge is 0.423 e. The molecule has 0 atom stereocenters. The van der Waals surface area contributed by atoms with Crippen LogP contribution in [0.1, 0.15) is 84.4 Å². The van der Waals surface area contributed by atoms with E-state index < -0.39 is 35.6 Å². The van der Waals surface area contributed by atoms with Crippen LogP contribution in [0.5, 0.6) is 11.5 Å². The molecule has 0 radical (unpaired) electrons. The predicted octanol–water partition coefficient (Wildman–Crippen LogP) is 6.96. The van der Waals surface area contributed by atoms with E-state index in [4.69, 9.17) is 9.47 Å². The summed E-state index contributed by atoms with van der Waals surface area (Å²) < 4.78 is 11.0. The predicted molar refractivity (Wildman–Crippen MR) is 183 cm³/mol. The van der Waals surface area contributed by atoms with Crippen molar-refractivity contribution in [3.8, 4) is 11.5 Å². The Labute approximate surface area is 286 Å². The summed E-state index contributed by atoms with van der Waals surface area (Å²) in [5.41, 5.74) is 5.53. The van der Waals surface area contributed by atoms with E-state index in [9.17, 15) is 28.8 Å². The molecule has 4 amide bonds. The van der Waals surface area contributed by atoms with Crippen LogP contribution in [-0.2, 0) is 0 Å². The van der Waals surface area contributed by atoms with Crippen LogP contribution >= 0.6 is 0 Å². The van der Waals surface area contributed by atoms with E-state index >= 15 is 0 Å². The van der Waals surface area contributed by atoms with Gasteiger partial charge in [-0.2, -0.15) is 0 Å². The molecule has 0 aliphatic carbocycles. The number of benzene rings is 5. The minimum Gasteiger partial charge on any atom is -0.423 e. The molecule has 0 N–H and O–H groups in total. The maximum Gasteiger partial charge on any atom is 0.343 e. The molecule has 2 aliphatic heterocycles. The lowest BCUT2D eigenvalue weighted by Gasteiger charge is -2.15. The second kappa shape index (κ2) is 12.1. The number of imide groups is 2. The van der Waals surface area contributed by atoms with Crippen molar-refractivity contribution in [1.29, 1.82) is 0 Å². The van der Waals surface area contributed by atoms with E-state index in [0.29, 0.717) is 11.4 Å². The first-order chi connectivity index (χ1) is 23.9. The van der Waals surface area contributed by atoms with Crippen LogP contribution in [-0.4, -0.2) is 35.6 Å². The Morgan fingerprint density at radius 2 is 0.780 bits per heavy atom. The molecule has 7 rings (SSSR count). The molecular formula is C40H28N2O8. The minimum absolute atomic E-state index is 0.0723. The van der Waals surface area contributed by atoms with Gasteiger partial charge in [-0.1, -0.05) is 12.1 Å². The highest BCUT2D eigenvalue weighted by Crippen LogP contribution is 2.32. The zero-order valence-electron chi connectivity index (χ0n) is 27.4. The summed E-state index contributed by atoms with van der Waals surface area (Å²) in [6.45, 7) is 7.65. The van der Waals surface area contributed by atoms with Gasteiger partial charge in [0, 0.05) is 0 Å². The van der Waals surface area contributed by atoms with Crippen LogP contribution in [0.4, 0.5) is 11.4 Å². The van der Waals surface area contributed by atoms with Crippen LogP contribution < -0.4 is 19.3 Å². The summed E-state index contributed by atoms with van der Waals surface area (Å²) in [6, 6.07) is 24.7. The number of hydrogen-bond acceptors (Lipinski definition) is 8. The third-order valence-electron chi connectivity index (χ3n) is 8.99. The van der Waals surface area contributed by atoms with Crippen LogP contribution in [0.2, 0.25) is 0 Å². The maximum absolute atomic E-state index is 13.2. The van der Waals surface area contributed by atoms with Gasteiger partial charge in [0.05, 0.1) is 44.8 Å². The van der Waals surface area contributed by atoms with Gasteiger partial charge in [-0.05, 0) is 135 Å². The van der Waals surface area contributed by atoms with Gasteiger partial charge >= 0.3 is 11.9 Å². The first-order valence-corrected chi connectivity index (χ1v) is 15.7. The van der Waals surface area contributed by atoms with Crippen LogP contribution in [0.15, 0.2) is 97.1 Å². The van der Waals surface area contributed by atoms with Gasteiger partial charge in [0.25, 0.3) is 23.6 Å². The smallest absolute Gasteiger partial charge is 0.343 e. The minimum atomic E-state index is -0.755. The van der Waals surface area contributed by atoms with Gasteiger partial charge in [-0.3, -0.25) is 19.2 Å². The Hall–Kier alpha value is -6.68. The fraction of sp³-hybridized carbons (Fsp3) is 0.100. The fourth-order valence-corrected chi connectivity index (χ4v) is 5.84. The van der Waals surface area contributed by atoms with Crippen molar-refractivity contribution in [2.24, 2.45) is 0 Å². The molecule has 10 nitrogen and oxygen atoms in total. The van der Waals surface area contributed by atoms with Crippen LogP contribution in [0.25, 0.3) is 0 Å². The number of esters is 2. The molecule has 0 spiro atoms. The first kappa shape index (κ1) is 31.9. The normalized spacial score (nSPS) is 13.4. The number of hydrogen-bond donors (Lipinski definition) is 0. The molecule has 0 bridgehead atoms. The summed E-state index contributed by atoms with van der Waals surface area (Å²) in [7, 11) is 0. The monoisotopic (exact) mass is 664 g/mol. The summed E-state index contributed by atoms with van der Waals surface area (Å²) in [5.74, 6) is -3.25. The SMILES string of the molecule is Cc1ccc(N2C(=O)c3ccc(C(=O)Oc4ccc(OC(=O)c5ccc6c(c5)C(=O)N(c5ccc(C)c(C)c5)C6=O)cc4)cc3C2=O)cc1C. The number of aryl methyl sites for hydroxylation is 4. The Morgan fingerprint density at radius 3 is 1.14 bits per heavy atom. The van der Waals surface area contributed by atoms with E-state index in [1.54, 1.807) is 24.3 Å². The van der Waals surface area contributed by atoms with E-state index in [1.165, 1.54) is 60.7 Å². The summed E-state index contributed by atoms with van der Waals surface area (Å²) in [6.07, 6.45) is 0. The summed E-state index contributed by atoms with van der Waals surface area (Å²) >= 11 is 0. The van der Waals surface area contributed by atoms with Crippen molar-refractivity contribution in [2.75, 3.05) is 9.80 Å². The molecule has 0 saturated heterocycles. The topological polar surface area (TPSA) is 127 Å². The van der Waals surface area contributed by atoms with Crippen molar-refractivity contribution in [3.63, 3.8) is 0 Å². The van der Waals surface area contributed by atoms with Gasteiger partial charge in [0.2, 0.25) is 0 Å². The Bertz CT molecular complexity index is 2180. The van der Waals surface area contributed by atoms with Gasteiger partial charge in [0.15, 0.2) is 0 Å². The number of nitrogens with zero attached hydrogens (tertiary/aromatic N) is 2. The van der Waals surface area contributed by atoms with Gasteiger partial charge in [0.1, 0.15) is 11.5 Å². The number of ether oxygens (including phenoxy) is 2. The molecule has 0 unspecified atom stereocenters. The van der Waals surface area contributed by atoms with Gasteiger partial charge in [-0.25, -0.2) is 19.4 Å². The van der Waals surface area contributed by atoms with E-state index in [-0.39, 0.29) is 44.9 Å². The average Bonchev–Trinajstić information content (AvgIpc) is 3.51. The third kappa shape index (κ3) is 5.42. The highest BCUT2D eigenvalue weighted by molar-refractivity contribution is 6.35. The lowest BCUT2D eigenvalue weighted by molar-refractivity contribution is 0.0719. The maximum atomic E-state index is 13.2. The lowest BCUT2D eigenvalue weighted by atomic mass is 10.1. The van der Waals surface area contributed by atoms with Gasteiger partial charge < -0.3 is 9.47 Å². The highest BCUT2D eigenvalue weighted by atomic mass is 16.5. The molecule has 246 valence electrons. The fourth-order valence-electron chi connectivity index (χ4n) is 5.84. The molecule has 10 heteroatoms. The van der Waals surface area contributed by atoms with Crippen molar-refractivity contribution in [3.05, 3.63) is 153 Å². The number of fused-ring (bicyclic) bond motifs is 2. The number of anilines is 2. The first-order valence-electron chi connectivity index (χ1n) is 15.7. The Balaban J connectivity index is 1.01.